The van der Waals surface area contributed by atoms with Gasteiger partial charge in [-0.3, -0.25) is 43.3 Å². The molecule has 6 atom stereocenters. The van der Waals surface area contributed by atoms with Crippen LogP contribution in [0.3, 0.4) is 0 Å². The summed E-state index contributed by atoms with van der Waals surface area (Å²) in [4.78, 5) is 110. The van der Waals surface area contributed by atoms with Crippen molar-refractivity contribution in [2.75, 3.05) is 19.6 Å². The molecule has 20 nitrogen and oxygen atoms in total. The molecule has 0 aromatic heterocycles. The quantitative estimate of drug-likeness (QED) is 0.0279. The van der Waals surface area contributed by atoms with Crippen molar-refractivity contribution < 1.29 is 38.4 Å². The second-order valence-electron chi connectivity index (χ2n) is 16.6. The van der Waals surface area contributed by atoms with Crippen molar-refractivity contribution in [3.63, 3.8) is 0 Å². The molecule has 1 aliphatic carbocycles. The molecule has 0 spiro atoms. The number of carbonyl (C=O) groups excluding carboxylic acids is 8. The van der Waals surface area contributed by atoms with Gasteiger partial charge < -0.3 is 60.2 Å². The highest BCUT2D eigenvalue weighted by molar-refractivity contribution is 5.97. The second-order valence-corrected chi connectivity index (χ2v) is 16.6. The molecule has 1 aliphatic heterocycles. The predicted molar refractivity (Wildman–Crippen MR) is 221 cm³/mol. The molecule has 0 radical (unpaired) electrons. The molecular formula is C39H70N12O8. The zero-order chi connectivity index (χ0) is 44.2. The molecule has 8 amide bonds. The summed E-state index contributed by atoms with van der Waals surface area (Å²) in [6.07, 6.45) is 7.75. The summed E-state index contributed by atoms with van der Waals surface area (Å²) in [6, 6.07) is -6.94. The SMILES string of the molecule is CC(C)C[C@H](NC(=O)CCC1CCCCC1)C(=O)N[C@@H](CC(C)C)C(=O)N[C@@H](CN)C(=O)N1CCC[C@@H]1C(=O)N[C@@H](CCCN=C(N)N)C(=O)N[C@@H](CC(N)=O)C(N)=O. The van der Waals surface area contributed by atoms with Crippen LogP contribution >= 0.6 is 0 Å². The van der Waals surface area contributed by atoms with E-state index in [0.717, 1.165) is 19.3 Å². The zero-order valence-electron chi connectivity index (χ0n) is 35.3. The first-order chi connectivity index (χ1) is 27.8. The maximum Gasteiger partial charge on any atom is 0.247 e. The Morgan fingerprint density at radius 2 is 1.24 bits per heavy atom. The smallest absolute Gasteiger partial charge is 0.247 e. The number of nitrogens with zero attached hydrogens (tertiary/aromatic N) is 2. The van der Waals surface area contributed by atoms with E-state index in [1.54, 1.807) is 0 Å². The zero-order valence-corrected chi connectivity index (χ0v) is 35.3. The Balaban J connectivity index is 2.18. The lowest BCUT2D eigenvalue weighted by Gasteiger charge is -2.31. The molecule has 20 heteroatoms. The maximum absolute atomic E-state index is 13.9. The van der Waals surface area contributed by atoms with E-state index in [1.807, 2.05) is 27.7 Å². The molecule has 1 saturated carbocycles. The molecule has 15 N–H and O–H groups in total. The van der Waals surface area contributed by atoms with E-state index >= 15 is 0 Å². The fourth-order valence-corrected chi connectivity index (χ4v) is 7.49. The van der Waals surface area contributed by atoms with Gasteiger partial charge in [0.1, 0.15) is 36.3 Å². The van der Waals surface area contributed by atoms with E-state index in [-0.39, 0.29) is 69.0 Å². The minimum absolute atomic E-state index is 0.00366. The molecule has 1 heterocycles. The maximum atomic E-state index is 13.9. The number of primary amides is 2. The topological polar surface area (TPSA) is 342 Å². The van der Waals surface area contributed by atoms with Crippen molar-refractivity contribution in [2.45, 2.75) is 154 Å². The standard InChI is InChI=1S/C39H70N12O8/c1-22(2)18-27(46-32(53)15-14-24-10-6-5-7-11-24)35(56)49-28(19-23(3)4)36(57)50-29(21-40)38(59)51-17-9-13-30(51)37(58)47-25(12-8-16-45-39(43)44)34(55)48-26(33(42)54)20-31(41)52/h22-30H,5-21,40H2,1-4H3,(H2,41,52)(H2,42,54)(H,46,53)(H,47,58)(H,48,55)(H,49,56)(H,50,57)(H4,43,44,45)/t25-,26-,27-,28-,29-,30+/m0/s1. The van der Waals surface area contributed by atoms with E-state index in [2.05, 4.69) is 31.6 Å². The van der Waals surface area contributed by atoms with Crippen molar-refractivity contribution in [1.82, 2.24) is 31.5 Å². The van der Waals surface area contributed by atoms with Crippen LogP contribution in [-0.4, -0.2) is 114 Å². The summed E-state index contributed by atoms with van der Waals surface area (Å²) in [6.45, 7) is 7.57. The largest absolute Gasteiger partial charge is 0.370 e. The van der Waals surface area contributed by atoms with Crippen molar-refractivity contribution in [1.29, 1.82) is 0 Å². The number of hydrogen-bond acceptors (Lipinski definition) is 10. The second kappa shape index (κ2) is 25.5. The number of nitrogens with two attached hydrogens (primary N) is 5. The molecule has 2 fully saturated rings. The molecule has 59 heavy (non-hydrogen) atoms. The molecule has 0 aromatic rings. The van der Waals surface area contributed by atoms with Crippen LogP contribution in [0, 0.1) is 17.8 Å². The van der Waals surface area contributed by atoms with Crippen LogP contribution in [0.1, 0.15) is 118 Å². The normalized spacial score (nSPS) is 18.2. The monoisotopic (exact) mass is 835 g/mol. The van der Waals surface area contributed by atoms with Gasteiger partial charge in [0.25, 0.3) is 0 Å². The van der Waals surface area contributed by atoms with Crippen LogP contribution in [0.15, 0.2) is 4.99 Å². The fraction of sp³-hybridized carbons (Fsp3) is 0.769. The van der Waals surface area contributed by atoms with Gasteiger partial charge in [0, 0.05) is 26.1 Å². The van der Waals surface area contributed by atoms with Crippen LogP contribution in [0.4, 0.5) is 0 Å². The van der Waals surface area contributed by atoms with E-state index in [9.17, 15) is 38.4 Å². The molecule has 1 saturated heterocycles. The van der Waals surface area contributed by atoms with Crippen molar-refractivity contribution in [3.05, 3.63) is 0 Å². The number of rotatable bonds is 25. The number of carbonyl (C=O) groups is 8. The van der Waals surface area contributed by atoms with Gasteiger partial charge in [-0.1, -0.05) is 59.8 Å². The summed E-state index contributed by atoms with van der Waals surface area (Å²) in [7, 11) is 0. The van der Waals surface area contributed by atoms with E-state index < -0.39 is 84.0 Å². The summed E-state index contributed by atoms with van der Waals surface area (Å²) in [5.41, 5.74) is 27.4. The molecule has 334 valence electrons. The Bertz CT molecular complexity index is 1480. The lowest BCUT2D eigenvalue weighted by molar-refractivity contribution is -0.142. The van der Waals surface area contributed by atoms with Gasteiger partial charge in [-0.15, -0.1) is 0 Å². The van der Waals surface area contributed by atoms with E-state index in [4.69, 9.17) is 28.7 Å². The number of hydrogen-bond donors (Lipinski definition) is 10. The third kappa shape index (κ3) is 18.2. The first-order valence-electron chi connectivity index (χ1n) is 21.0. The molecule has 0 unspecified atom stereocenters. The van der Waals surface area contributed by atoms with Gasteiger partial charge in [-0.05, 0) is 62.7 Å². The van der Waals surface area contributed by atoms with E-state index in [1.165, 1.54) is 24.2 Å². The molecule has 2 aliphatic rings. The summed E-state index contributed by atoms with van der Waals surface area (Å²) < 4.78 is 0. The Hall–Kier alpha value is -5.01. The van der Waals surface area contributed by atoms with Gasteiger partial charge >= 0.3 is 0 Å². The number of likely N-dealkylation sites (tertiary alicyclic amines) is 1. The van der Waals surface area contributed by atoms with Gasteiger partial charge in [0.15, 0.2) is 5.96 Å². The third-order valence-corrected chi connectivity index (χ3v) is 10.5. The highest BCUT2D eigenvalue weighted by atomic mass is 16.2. The van der Waals surface area contributed by atoms with Gasteiger partial charge in [0.2, 0.25) is 47.3 Å². The van der Waals surface area contributed by atoms with Crippen molar-refractivity contribution in [3.8, 4) is 0 Å². The average molecular weight is 835 g/mol. The average Bonchev–Trinajstić information content (AvgIpc) is 3.66. The van der Waals surface area contributed by atoms with Crippen LogP contribution in [0.2, 0.25) is 0 Å². The van der Waals surface area contributed by atoms with Gasteiger partial charge in [-0.2, -0.15) is 0 Å². The van der Waals surface area contributed by atoms with Crippen LogP contribution < -0.4 is 55.3 Å². The Labute approximate surface area is 347 Å². The van der Waals surface area contributed by atoms with Crippen molar-refractivity contribution >= 4 is 53.2 Å². The highest BCUT2D eigenvalue weighted by Crippen LogP contribution is 2.27. The molecular weight excluding hydrogens is 765 g/mol. The van der Waals surface area contributed by atoms with Crippen molar-refractivity contribution in [2.24, 2.45) is 51.4 Å². The first-order valence-corrected chi connectivity index (χ1v) is 21.0. The number of amides is 8. The van der Waals surface area contributed by atoms with E-state index in [0.29, 0.717) is 25.2 Å². The number of aliphatic imine (C=N–C) groups is 1. The minimum atomic E-state index is -1.43. The lowest BCUT2D eigenvalue weighted by atomic mass is 9.86. The summed E-state index contributed by atoms with van der Waals surface area (Å²) in [5.74, 6) is -5.08. The minimum Gasteiger partial charge on any atom is -0.370 e. The Morgan fingerprint density at radius 1 is 0.678 bits per heavy atom. The number of nitrogens with one attached hydrogen (secondary N) is 5. The first kappa shape index (κ1) is 50.1. The Kier molecular flexibility index (Phi) is 21.6. The van der Waals surface area contributed by atoms with Crippen LogP contribution in [0.5, 0.6) is 0 Å². The molecule has 0 bridgehead atoms. The Morgan fingerprint density at radius 3 is 1.78 bits per heavy atom. The summed E-state index contributed by atoms with van der Waals surface area (Å²) in [5, 5.41) is 13.3. The molecule has 0 aromatic carbocycles. The molecule has 2 rings (SSSR count). The van der Waals surface area contributed by atoms with Gasteiger partial charge in [-0.25, -0.2) is 0 Å². The van der Waals surface area contributed by atoms with Crippen LogP contribution in [-0.2, 0) is 38.4 Å². The fourth-order valence-electron chi connectivity index (χ4n) is 7.49. The van der Waals surface area contributed by atoms with Gasteiger partial charge in [0.05, 0.1) is 6.42 Å². The number of guanidine groups is 1. The summed E-state index contributed by atoms with van der Waals surface area (Å²) >= 11 is 0. The predicted octanol–water partition coefficient (Wildman–Crippen LogP) is -1.77. The van der Waals surface area contributed by atoms with Crippen LogP contribution in [0.25, 0.3) is 0 Å². The highest BCUT2D eigenvalue weighted by Gasteiger charge is 2.40. The third-order valence-electron chi connectivity index (χ3n) is 10.5. The lowest BCUT2D eigenvalue weighted by Crippen LogP contribution is -2.61.